The minimum Gasteiger partial charge on any atom is -0.479 e. The van der Waals surface area contributed by atoms with Crippen molar-refractivity contribution in [2.24, 2.45) is 0 Å². The number of carboxylic acid groups (broad SMARTS) is 1. The van der Waals surface area contributed by atoms with Gasteiger partial charge in [-0.25, -0.2) is 4.79 Å². The van der Waals surface area contributed by atoms with Crippen LogP contribution in [-0.4, -0.2) is 27.5 Å². The zero-order valence-electron chi connectivity index (χ0n) is 18.1. The van der Waals surface area contributed by atoms with Crippen LogP contribution in [0.1, 0.15) is 60.3 Å². The van der Waals surface area contributed by atoms with Crippen molar-refractivity contribution in [3.05, 3.63) is 67.3 Å². The molecule has 1 heterocycles. The third kappa shape index (κ3) is 4.70. The van der Waals surface area contributed by atoms with E-state index in [1.807, 2.05) is 69.9 Å². The van der Waals surface area contributed by atoms with Crippen LogP contribution in [0.4, 0.5) is 0 Å². The number of carbonyl (C=O) groups excluding carboxylic acids is 1. The Kier molecular flexibility index (Phi) is 6.57. The lowest BCUT2D eigenvalue weighted by Gasteiger charge is -2.34. The summed E-state index contributed by atoms with van der Waals surface area (Å²) in [6, 6.07) is 9.96. The van der Waals surface area contributed by atoms with Crippen LogP contribution in [0.15, 0.2) is 30.3 Å². The molecule has 1 amide bonds. The highest BCUT2D eigenvalue weighted by Crippen LogP contribution is 2.38. The number of benzene rings is 2. The van der Waals surface area contributed by atoms with Crippen molar-refractivity contribution < 1.29 is 19.4 Å². The van der Waals surface area contributed by atoms with Crippen LogP contribution in [0, 0.1) is 17.4 Å². The Labute approximate surface area is 191 Å². The molecule has 0 aromatic heterocycles. The van der Waals surface area contributed by atoms with Crippen molar-refractivity contribution >= 4 is 34.5 Å². The molecule has 0 radical (unpaired) electrons. The van der Waals surface area contributed by atoms with Crippen LogP contribution in [0.3, 0.4) is 0 Å². The van der Waals surface area contributed by atoms with E-state index in [0.29, 0.717) is 18.7 Å². The molecular weight excluding hydrogens is 493 g/mol. The van der Waals surface area contributed by atoms with E-state index in [9.17, 15) is 14.7 Å². The maximum atomic E-state index is 12.9. The summed E-state index contributed by atoms with van der Waals surface area (Å²) in [5.41, 5.74) is 5.10. The van der Waals surface area contributed by atoms with E-state index in [0.717, 1.165) is 31.4 Å². The van der Waals surface area contributed by atoms with Gasteiger partial charge in [-0.1, -0.05) is 30.3 Å². The van der Waals surface area contributed by atoms with Crippen molar-refractivity contribution in [3.63, 3.8) is 0 Å². The van der Waals surface area contributed by atoms with Crippen molar-refractivity contribution in [2.75, 3.05) is 0 Å². The Hall–Kier alpha value is -1.93. The second-order valence-corrected chi connectivity index (χ2v) is 9.87. The van der Waals surface area contributed by atoms with Gasteiger partial charge < -0.3 is 14.7 Å². The molecule has 3 rings (SSSR count). The fourth-order valence-corrected chi connectivity index (χ4v) is 4.97. The highest BCUT2D eigenvalue weighted by atomic mass is 127. The summed E-state index contributed by atoms with van der Waals surface area (Å²) in [5, 5.41) is 9.89. The first kappa shape index (κ1) is 22.7. The molecule has 0 spiro atoms. The quantitative estimate of drug-likeness (QED) is 0.567. The molecule has 5 nitrogen and oxygen atoms in total. The molecule has 0 aliphatic carbocycles. The summed E-state index contributed by atoms with van der Waals surface area (Å²) in [6.45, 7) is 10.6. The number of nitrogens with zero attached hydrogens (tertiary/aromatic N) is 1. The van der Waals surface area contributed by atoms with Gasteiger partial charge in [-0.2, -0.15) is 0 Å². The van der Waals surface area contributed by atoms with Gasteiger partial charge in [-0.15, -0.1) is 0 Å². The van der Waals surface area contributed by atoms with Crippen LogP contribution in [0.2, 0.25) is 0 Å². The number of carbonyl (C=O) groups is 2. The lowest BCUT2D eigenvalue weighted by Crippen LogP contribution is -2.37. The van der Waals surface area contributed by atoms with E-state index in [2.05, 4.69) is 22.6 Å². The van der Waals surface area contributed by atoms with Gasteiger partial charge in [0, 0.05) is 22.2 Å². The Morgan fingerprint density at radius 3 is 2.37 bits per heavy atom. The first-order valence-electron chi connectivity index (χ1n) is 10.0. The Morgan fingerprint density at radius 2 is 1.80 bits per heavy atom. The number of rotatable bonds is 5. The van der Waals surface area contributed by atoms with Gasteiger partial charge in [-0.3, -0.25) is 4.79 Å². The SMILES string of the molecule is Cc1c(I)c(C(OC(C)(C)C)C(=O)O)c(C)c2c1CN(Cc1ccccc1)C(=O)C2. The zero-order valence-corrected chi connectivity index (χ0v) is 20.2. The maximum absolute atomic E-state index is 12.9. The summed E-state index contributed by atoms with van der Waals surface area (Å²) < 4.78 is 6.82. The van der Waals surface area contributed by atoms with Gasteiger partial charge in [0.1, 0.15) is 0 Å². The number of hydrogen-bond acceptors (Lipinski definition) is 3. The Bertz CT molecular complexity index is 979. The highest BCUT2D eigenvalue weighted by molar-refractivity contribution is 14.1. The molecule has 0 fully saturated rings. The van der Waals surface area contributed by atoms with E-state index in [1.54, 1.807) is 0 Å². The minimum atomic E-state index is -1.07. The standard InChI is InChI=1S/C24H28INO4/c1-14-17-11-19(27)26(12-16-9-7-6-8-10-16)13-18(17)15(2)21(25)20(14)22(23(28)29)30-24(3,4)5/h6-10,22H,11-13H2,1-5H3,(H,28,29). The van der Waals surface area contributed by atoms with Crippen LogP contribution in [-0.2, 0) is 33.8 Å². The minimum absolute atomic E-state index is 0.0598. The topological polar surface area (TPSA) is 66.8 Å². The van der Waals surface area contributed by atoms with Crippen LogP contribution < -0.4 is 0 Å². The highest BCUT2D eigenvalue weighted by Gasteiger charge is 2.35. The van der Waals surface area contributed by atoms with Gasteiger partial charge in [0.2, 0.25) is 5.91 Å². The normalized spacial score (nSPS) is 15.1. The van der Waals surface area contributed by atoms with E-state index in [4.69, 9.17) is 4.74 Å². The lowest BCUT2D eigenvalue weighted by atomic mass is 9.86. The van der Waals surface area contributed by atoms with E-state index >= 15 is 0 Å². The monoisotopic (exact) mass is 521 g/mol. The predicted octanol–water partition coefficient (Wildman–Crippen LogP) is 4.93. The van der Waals surface area contributed by atoms with E-state index < -0.39 is 17.7 Å². The molecule has 6 heteroatoms. The largest absolute Gasteiger partial charge is 0.479 e. The second kappa shape index (κ2) is 8.67. The number of hydrogen-bond donors (Lipinski definition) is 1. The summed E-state index contributed by atoms with van der Waals surface area (Å²) in [4.78, 5) is 26.9. The van der Waals surface area contributed by atoms with Gasteiger partial charge in [0.25, 0.3) is 0 Å². The average Bonchev–Trinajstić information content (AvgIpc) is 2.66. The molecule has 160 valence electrons. The summed E-state index contributed by atoms with van der Waals surface area (Å²) in [6.07, 6.45) is -0.793. The first-order chi connectivity index (χ1) is 14.0. The molecule has 1 atom stereocenters. The fraction of sp³-hybridized carbons (Fsp3) is 0.417. The van der Waals surface area contributed by atoms with Crippen LogP contribution in [0.25, 0.3) is 0 Å². The zero-order chi connectivity index (χ0) is 22.2. The van der Waals surface area contributed by atoms with Crippen molar-refractivity contribution in [1.29, 1.82) is 0 Å². The summed E-state index contributed by atoms with van der Waals surface area (Å²) >= 11 is 2.23. The fourth-order valence-electron chi connectivity index (χ4n) is 3.96. The Balaban J connectivity index is 2.03. The first-order valence-corrected chi connectivity index (χ1v) is 11.1. The summed E-state index contributed by atoms with van der Waals surface area (Å²) in [7, 11) is 0. The molecule has 1 unspecified atom stereocenters. The third-order valence-corrected chi connectivity index (χ3v) is 6.83. The number of fused-ring (bicyclic) bond motifs is 1. The maximum Gasteiger partial charge on any atom is 0.337 e. The molecule has 0 bridgehead atoms. The number of halogens is 1. The molecule has 2 aromatic rings. The number of aliphatic carboxylic acids is 1. The third-order valence-electron chi connectivity index (χ3n) is 5.44. The lowest BCUT2D eigenvalue weighted by molar-refractivity contribution is -0.160. The van der Waals surface area contributed by atoms with Gasteiger partial charge in [-0.05, 0) is 85.0 Å². The molecule has 30 heavy (non-hydrogen) atoms. The molecule has 2 aromatic carbocycles. The number of amides is 1. The summed E-state index contributed by atoms with van der Waals surface area (Å²) in [5.74, 6) is -0.956. The van der Waals surface area contributed by atoms with E-state index in [1.165, 1.54) is 0 Å². The smallest absolute Gasteiger partial charge is 0.337 e. The van der Waals surface area contributed by atoms with Crippen molar-refractivity contribution in [2.45, 2.75) is 65.8 Å². The van der Waals surface area contributed by atoms with Crippen LogP contribution in [0.5, 0.6) is 0 Å². The second-order valence-electron chi connectivity index (χ2n) is 8.80. The van der Waals surface area contributed by atoms with Gasteiger partial charge in [0.05, 0.1) is 12.0 Å². The molecule has 1 aliphatic rings. The Morgan fingerprint density at radius 1 is 1.17 bits per heavy atom. The van der Waals surface area contributed by atoms with Gasteiger partial charge >= 0.3 is 5.97 Å². The molecule has 1 aliphatic heterocycles. The molecular formula is C24H28INO4. The van der Waals surface area contributed by atoms with Crippen LogP contribution >= 0.6 is 22.6 Å². The average molecular weight is 521 g/mol. The molecule has 1 N–H and O–H groups in total. The number of carboxylic acids is 1. The predicted molar refractivity (Wildman–Crippen MR) is 124 cm³/mol. The van der Waals surface area contributed by atoms with Crippen molar-refractivity contribution in [3.8, 4) is 0 Å². The molecule has 0 saturated heterocycles. The van der Waals surface area contributed by atoms with E-state index in [-0.39, 0.29) is 12.3 Å². The van der Waals surface area contributed by atoms with Gasteiger partial charge in [0.15, 0.2) is 6.10 Å². The van der Waals surface area contributed by atoms with Crippen molar-refractivity contribution in [1.82, 2.24) is 4.90 Å². The molecule has 0 saturated carbocycles. The number of ether oxygens (including phenoxy) is 1.